The molecule has 82 valence electrons. The van der Waals surface area contributed by atoms with E-state index in [0.717, 1.165) is 0 Å². The third-order valence-corrected chi connectivity index (χ3v) is 2.76. The Kier molecular flexibility index (Phi) is 4.52. The standard InChI is InChI=1S/C11H18F2O/c1-3-4-7-14-9-6-5-8(2)10(12)11(9)13/h3,8-11H,1,4-7H2,2H3. The summed E-state index contributed by atoms with van der Waals surface area (Å²) >= 11 is 0. The quantitative estimate of drug-likeness (QED) is 0.505. The molecule has 0 aromatic carbocycles. The second-order valence-electron chi connectivity index (χ2n) is 3.93. The van der Waals surface area contributed by atoms with Crippen molar-refractivity contribution in [2.45, 2.75) is 44.6 Å². The lowest BCUT2D eigenvalue weighted by atomic mass is 9.85. The van der Waals surface area contributed by atoms with Gasteiger partial charge in [-0.25, -0.2) is 8.78 Å². The molecule has 0 N–H and O–H groups in total. The zero-order valence-corrected chi connectivity index (χ0v) is 8.59. The molecule has 14 heavy (non-hydrogen) atoms. The van der Waals surface area contributed by atoms with Gasteiger partial charge in [-0.1, -0.05) is 13.0 Å². The zero-order valence-electron chi connectivity index (χ0n) is 8.59. The Balaban J connectivity index is 2.34. The summed E-state index contributed by atoms with van der Waals surface area (Å²) in [5, 5.41) is 0. The summed E-state index contributed by atoms with van der Waals surface area (Å²) in [7, 11) is 0. The summed E-state index contributed by atoms with van der Waals surface area (Å²) in [6, 6.07) is 0. The number of hydrogen-bond acceptors (Lipinski definition) is 1. The maximum atomic E-state index is 13.4. The number of halogens is 2. The Morgan fingerprint density at radius 3 is 2.71 bits per heavy atom. The average molecular weight is 204 g/mol. The molecule has 0 heterocycles. The highest BCUT2D eigenvalue weighted by Crippen LogP contribution is 2.31. The Labute approximate surface area is 84.1 Å². The van der Waals surface area contributed by atoms with Gasteiger partial charge in [-0.3, -0.25) is 0 Å². The normalized spacial score (nSPS) is 38.2. The first kappa shape index (κ1) is 11.6. The largest absolute Gasteiger partial charge is 0.375 e. The maximum absolute atomic E-state index is 13.4. The van der Waals surface area contributed by atoms with Crippen LogP contribution >= 0.6 is 0 Å². The minimum absolute atomic E-state index is 0.177. The highest BCUT2D eigenvalue weighted by molar-refractivity contribution is 4.87. The van der Waals surface area contributed by atoms with Gasteiger partial charge in [0.25, 0.3) is 0 Å². The Morgan fingerprint density at radius 1 is 1.36 bits per heavy atom. The SMILES string of the molecule is C=CCCOC1CCC(C)C(F)C1F. The molecular weight excluding hydrogens is 186 g/mol. The van der Waals surface area contributed by atoms with Crippen LogP contribution < -0.4 is 0 Å². The van der Waals surface area contributed by atoms with E-state index in [0.29, 0.717) is 25.9 Å². The van der Waals surface area contributed by atoms with Crippen LogP contribution in [0.25, 0.3) is 0 Å². The molecule has 0 spiro atoms. The van der Waals surface area contributed by atoms with Gasteiger partial charge in [-0.2, -0.15) is 0 Å². The first-order chi connectivity index (χ1) is 6.66. The van der Waals surface area contributed by atoms with Crippen LogP contribution in [0.5, 0.6) is 0 Å². The van der Waals surface area contributed by atoms with Crippen LogP contribution in [0.1, 0.15) is 26.2 Å². The first-order valence-electron chi connectivity index (χ1n) is 5.17. The molecule has 4 atom stereocenters. The molecule has 0 amide bonds. The van der Waals surface area contributed by atoms with Gasteiger partial charge in [0.2, 0.25) is 0 Å². The Hall–Kier alpha value is -0.440. The molecule has 0 saturated heterocycles. The van der Waals surface area contributed by atoms with Crippen molar-refractivity contribution in [3.8, 4) is 0 Å². The second-order valence-corrected chi connectivity index (χ2v) is 3.93. The van der Waals surface area contributed by atoms with E-state index < -0.39 is 18.4 Å². The van der Waals surface area contributed by atoms with E-state index in [1.54, 1.807) is 13.0 Å². The molecule has 0 bridgehead atoms. The van der Waals surface area contributed by atoms with Gasteiger partial charge in [0.15, 0.2) is 6.17 Å². The molecule has 0 radical (unpaired) electrons. The fraction of sp³-hybridized carbons (Fsp3) is 0.818. The van der Waals surface area contributed by atoms with Crippen LogP contribution in [0, 0.1) is 5.92 Å². The summed E-state index contributed by atoms with van der Waals surface area (Å²) in [6.45, 7) is 5.73. The van der Waals surface area contributed by atoms with Crippen LogP contribution in [-0.4, -0.2) is 25.1 Å². The van der Waals surface area contributed by atoms with Gasteiger partial charge in [0, 0.05) is 0 Å². The molecule has 1 rings (SSSR count). The van der Waals surface area contributed by atoms with E-state index in [1.807, 2.05) is 0 Å². The van der Waals surface area contributed by atoms with Crippen LogP contribution in [0.3, 0.4) is 0 Å². The molecule has 4 unspecified atom stereocenters. The molecule has 1 aliphatic rings. The molecule has 0 aliphatic heterocycles. The summed E-state index contributed by atoms with van der Waals surface area (Å²) in [5.41, 5.74) is 0. The van der Waals surface area contributed by atoms with E-state index in [2.05, 4.69) is 6.58 Å². The molecule has 1 nitrogen and oxygen atoms in total. The van der Waals surface area contributed by atoms with Gasteiger partial charge < -0.3 is 4.74 Å². The number of rotatable bonds is 4. The average Bonchev–Trinajstić information content (AvgIpc) is 2.18. The molecule has 1 fully saturated rings. The Morgan fingerprint density at radius 2 is 2.07 bits per heavy atom. The summed E-state index contributed by atoms with van der Waals surface area (Å²) < 4.78 is 31.9. The number of alkyl halides is 2. The number of hydrogen-bond donors (Lipinski definition) is 0. The third kappa shape index (κ3) is 2.77. The number of ether oxygens (including phenoxy) is 1. The topological polar surface area (TPSA) is 9.23 Å². The zero-order chi connectivity index (χ0) is 10.6. The van der Waals surface area contributed by atoms with Gasteiger partial charge in [-0.15, -0.1) is 6.58 Å². The van der Waals surface area contributed by atoms with Crippen molar-refractivity contribution in [1.82, 2.24) is 0 Å². The van der Waals surface area contributed by atoms with Gasteiger partial charge >= 0.3 is 0 Å². The monoisotopic (exact) mass is 204 g/mol. The van der Waals surface area contributed by atoms with Gasteiger partial charge in [-0.05, 0) is 25.2 Å². The third-order valence-electron chi connectivity index (χ3n) is 2.76. The fourth-order valence-electron chi connectivity index (χ4n) is 1.74. The molecule has 1 saturated carbocycles. The highest BCUT2D eigenvalue weighted by Gasteiger charge is 2.38. The Bertz CT molecular complexity index is 184. The predicted octanol–water partition coefficient (Wildman–Crippen LogP) is 3.05. The van der Waals surface area contributed by atoms with E-state index in [9.17, 15) is 8.78 Å². The van der Waals surface area contributed by atoms with Crippen molar-refractivity contribution in [2.24, 2.45) is 5.92 Å². The van der Waals surface area contributed by atoms with Gasteiger partial charge in [0.1, 0.15) is 6.17 Å². The van der Waals surface area contributed by atoms with E-state index >= 15 is 0 Å². The van der Waals surface area contributed by atoms with Crippen LogP contribution in [0.2, 0.25) is 0 Å². The molecule has 0 aromatic rings. The lowest BCUT2D eigenvalue weighted by Gasteiger charge is -2.32. The molecule has 3 heteroatoms. The lowest BCUT2D eigenvalue weighted by Crippen LogP contribution is -2.41. The summed E-state index contributed by atoms with van der Waals surface area (Å²) in [4.78, 5) is 0. The van der Waals surface area contributed by atoms with E-state index in [1.165, 1.54) is 0 Å². The second kappa shape index (κ2) is 5.44. The molecule has 0 aromatic heterocycles. The fourth-order valence-corrected chi connectivity index (χ4v) is 1.74. The van der Waals surface area contributed by atoms with Crippen molar-refractivity contribution >= 4 is 0 Å². The summed E-state index contributed by atoms with van der Waals surface area (Å²) in [5.74, 6) is -0.177. The van der Waals surface area contributed by atoms with Crippen molar-refractivity contribution < 1.29 is 13.5 Å². The van der Waals surface area contributed by atoms with Crippen LogP contribution in [0.4, 0.5) is 8.78 Å². The predicted molar refractivity (Wildman–Crippen MR) is 52.7 cm³/mol. The van der Waals surface area contributed by atoms with Crippen LogP contribution in [0.15, 0.2) is 12.7 Å². The van der Waals surface area contributed by atoms with Crippen molar-refractivity contribution in [2.75, 3.05) is 6.61 Å². The maximum Gasteiger partial charge on any atom is 0.157 e. The van der Waals surface area contributed by atoms with Gasteiger partial charge in [0.05, 0.1) is 12.7 Å². The molecule has 1 aliphatic carbocycles. The minimum Gasteiger partial charge on any atom is -0.375 e. The van der Waals surface area contributed by atoms with E-state index in [-0.39, 0.29) is 5.92 Å². The summed E-state index contributed by atoms with van der Waals surface area (Å²) in [6.07, 6.45) is 0.365. The highest BCUT2D eigenvalue weighted by atomic mass is 19.2. The minimum atomic E-state index is -1.46. The van der Waals surface area contributed by atoms with Crippen molar-refractivity contribution in [1.29, 1.82) is 0 Å². The molecular formula is C11H18F2O. The lowest BCUT2D eigenvalue weighted by molar-refractivity contribution is -0.0700. The van der Waals surface area contributed by atoms with Crippen molar-refractivity contribution in [3.05, 3.63) is 12.7 Å². The first-order valence-corrected chi connectivity index (χ1v) is 5.17. The van der Waals surface area contributed by atoms with Crippen LogP contribution in [-0.2, 0) is 4.74 Å². The smallest absolute Gasteiger partial charge is 0.157 e. The van der Waals surface area contributed by atoms with Crippen molar-refractivity contribution in [3.63, 3.8) is 0 Å². The van der Waals surface area contributed by atoms with E-state index in [4.69, 9.17) is 4.74 Å².